The second-order valence-corrected chi connectivity index (χ2v) is 5.27. The van der Waals surface area contributed by atoms with Gasteiger partial charge in [-0.1, -0.05) is 13.0 Å². The number of nitrogens with zero attached hydrogens (tertiary/aromatic N) is 1. The maximum Gasteiger partial charge on any atom is 0.0673 e. The maximum atomic E-state index is 5.60. The highest BCUT2D eigenvalue weighted by Gasteiger charge is 2.29. The van der Waals surface area contributed by atoms with Gasteiger partial charge in [-0.05, 0) is 18.5 Å². The van der Waals surface area contributed by atoms with E-state index >= 15 is 0 Å². The van der Waals surface area contributed by atoms with Gasteiger partial charge >= 0.3 is 0 Å². The normalized spacial score (nSPS) is 29.6. The summed E-state index contributed by atoms with van der Waals surface area (Å²) in [5.41, 5.74) is 1.44. The molecule has 0 amide bonds. The van der Waals surface area contributed by atoms with Gasteiger partial charge in [0.2, 0.25) is 0 Å². The number of methoxy groups -OCH3 is 1. The van der Waals surface area contributed by atoms with Crippen LogP contribution in [0.5, 0.6) is 0 Å². The standard InChI is InChI=1S/C14H26N2O2/c1-3-15-14-11-18-10-13(14)8-16-6-4-12(5-7-16)9-17-2/h4,13-15H,3,5-11H2,1-2H3. The van der Waals surface area contributed by atoms with Crippen molar-refractivity contribution in [2.45, 2.75) is 19.4 Å². The Bertz CT molecular complexity index is 281. The molecule has 2 aliphatic rings. The minimum absolute atomic E-state index is 0.541. The molecule has 2 aliphatic heterocycles. The largest absolute Gasteiger partial charge is 0.380 e. The van der Waals surface area contributed by atoms with Gasteiger partial charge in [-0.2, -0.15) is 0 Å². The summed E-state index contributed by atoms with van der Waals surface area (Å²) in [4.78, 5) is 2.53. The van der Waals surface area contributed by atoms with Crippen LogP contribution in [0, 0.1) is 5.92 Å². The molecule has 1 fully saturated rings. The highest BCUT2D eigenvalue weighted by Crippen LogP contribution is 2.18. The molecule has 0 aromatic rings. The van der Waals surface area contributed by atoms with Crippen molar-refractivity contribution in [2.75, 3.05) is 53.1 Å². The first-order chi connectivity index (χ1) is 8.83. The van der Waals surface area contributed by atoms with Crippen molar-refractivity contribution in [3.63, 3.8) is 0 Å². The molecule has 2 rings (SSSR count). The maximum absolute atomic E-state index is 5.60. The zero-order valence-electron chi connectivity index (χ0n) is 11.7. The van der Waals surface area contributed by atoms with Gasteiger partial charge in [-0.3, -0.25) is 4.90 Å². The van der Waals surface area contributed by atoms with Crippen LogP contribution in [0.1, 0.15) is 13.3 Å². The molecule has 0 aromatic carbocycles. The fourth-order valence-corrected chi connectivity index (χ4v) is 2.83. The van der Waals surface area contributed by atoms with Gasteiger partial charge in [0.1, 0.15) is 0 Å². The summed E-state index contributed by atoms with van der Waals surface area (Å²) in [6, 6.07) is 0.541. The Morgan fingerprint density at radius 2 is 2.39 bits per heavy atom. The Morgan fingerprint density at radius 3 is 3.06 bits per heavy atom. The average Bonchev–Trinajstić information content (AvgIpc) is 2.80. The molecule has 4 heteroatoms. The van der Waals surface area contributed by atoms with Crippen LogP contribution in [0.25, 0.3) is 0 Å². The van der Waals surface area contributed by atoms with E-state index in [4.69, 9.17) is 9.47 Å². The lowest BCUT2D eigenvalue weighted by atomic mass is 10.0. The lowest BCUT2D eigenvalue weighted by Crippen LogP contribution is -2.42. The van der Waals surface area contributed by atoms with Crippen molar-refractivity contribution in [3.05, 3.63) is 11.6 Å². The van der Waals surface area contributed by atoms with Crippen molar-refractivity contribution < 1.29 is 9.47 Å². The van der Waals surface area contributed by atoms with Gasteiger partial charge in [-0.15, -0.1) is 0 Å². The fraction of sp³-hybridized carbons (Fsp3) is 0.857. The molecule has 4 nitrogen and oxygen atoms in total. The number of likely N-dealkylation sites (N-methyl/N-ethyl adjacent to an activating group) is 1. The quantitative estimate of drug-likeness (QED) is 0.714. The molecule has 2 unspecified atom stereocenters. The Hall–Kier alpha value is -0.420. The Labute approximate surface area is 110 Å². The van der Waals surface area contributed by atoms with Crippen LogP contribution < -0.4 is 5.32 Å². The lowest BCUT2D eigenvalue weighted by Gasteiger charge is -2.30. The van der Waals surface area contributed by atoms with Crippen molar-refractivity contribution in [1.82, 2.24) is 10.2 Å². The molecule has 18 heavy (non-hydrogen) atoms. The number of ether oxygens (including phenoxy) is 2. The molecule has 2 heterocycles. The summed E-state index contributed by atoms with van der Waals surface area (Å²) >= 11 is 0. The number of nitrogens with one attached hydrogen (secondary N) is 1. The average molecular weight is 254 g/mol. The molecule has 0 saturated carbocycles. The van der Waals surface area contributed by atoms with E-state index in [0.717, 1.165) is 52.4 Å². The Morgan fingerprint density at radius 1 is 1.50 bits per heavy atom. The summed E-state index contributed by atoms with van der Waals surface area (Å²) in [5, 5.41) is 3.53. The molecule has 0 aromatic heterocycles. The number of hydrogen-bond acceptors (Lipinski definition) is 4. The fourth-order valence-electron chi connectivity index (χ4n) is 2.83. The van der Waals surface area contributed by atoms with Crippen LogP contribution in [-0.4, -0.2) is 64.1 Å². The summed E-state index contributed by atoms with van der Waals surface area (Å²) < 4.78 is 10.8. The lowest BCUT2D eigenvalue weighted by molar-refractivity contribution is 0.167. The molecule has 1 N–H and O–H groups in total. The van der Waals surface area contributed by atoms with Gasteiger partial charge < -0.3 is 14.8 Å². The summed E-state index contributed by atoms with van der Waals surface area (Å²) in [6.45, 7) is 9.13. The van der Waals surface area contributed by atoms with Crippen molar-refractivity contribution in [2.24, 2.45) is 5.92 Å². The molecule has 2 atom stereocenters. The summed E-state index contributed by atoms with van der Waals surface area (Å²) in [7, 11) is 1.77. The first-order valence-corrected chi connectivity index (χ1v) is 7.03. The zero-order chi connectivity index (χ0) is 12.8. The van der Waals surface area contributed by atoms with E-state index in [1.807, 2.05) is 0 Å². The molecule has 0 aliphatic carbocycles. The van der Waals surface area contributed by atoms with Gasteiger partial charge in [0.25, 0.3) is 0 Å². The van der Waals surface area contributed by atoms with E-state index in [2.05, 4.69) is 23.2 Å². The first kappa shape index (κ1) is 14.0. The van der Waals surface area contributed by atoms with Crippen LogP contribution in [0.15, 0.2) is 11.6 Å². The highest BCUT2D eigenvalue weighted by molar-refractivity contribution is 5.08. The molecular formula is C14H26N2O2. The third-order valence-corrected chi connectivity index (χ3v) is 3.87. The highest BCUT2D eigenvalue weighted by atomic mass is 16.5. The molecular weight excluding hydrogens is 228 g/mol. The van der Waals surface area contributed by atoms with Gasteiger partial charge in [0.15, 0.2) is 0 Å². The second-order valence-electron chi connectivity index (χ2n) is 5.27. The molecule has 0 radical (unpaired) electrons. The Balaban J connectivity index is 1.77. The van der Waals surface area contributed by atoms with Gasteiger partial charge in [0.05, 0.1) is 19.8 Å². The molecule has 1 saturated heterocycles. The predicted octanol–water partition coefficient (Wildman–Crippen LogP) is 0.889. The monoisotopic (exact) mass is 254 g/mol. The minimum Gasteiger partial charge on any atom is -0.380 e. The van der Waals surface area contributed by atoms with Crippen LogP contribution in [0.4, 0.5) is 0 Å². The van der Waals surface area contributed by atoms with Crippen LogP contribution in [0.3, 0.4) is 0 Å². The molecule has 104 valence electrons. The van der Waals surface area contributed by atoms with Crippen LogP contribution in [-0.2, 0) is 9.47 Å². The van der Waals surface area contributed by atoms with Gasteiger partial charge in [0, 0.05) is 38.7 Å². The van der Waals surface area contributed by atoms with Crippen LogP contribution in [0.2, 0.25) is 0 Å². The van der Waals surface area contributed by atoms with E-state index in [9.17, 15) is 0 Å². The second kappa shape index (κ2) is 7.24. The van der Waals surface area contributed by atoms with E-state index in [-0.39, 0.29) is 0 Å². The smallest absolute Gasteiger partial charge is 0.0673 e. The van der Waals surface area contributed by atoms with Crippen molar-refractivity contribution in [3.8, 4) is 0 Å². The molecule has 0 bridgehead atoms. The van der Waals surface area contributed by atoms with Crippen LogP contribution >= 0.6 is 0 Å². The third kappa shape index (κ3) is 3.79. The minimum atomic E-state index is 0.541. The van der Waals surface area contributed by atoms with E-state index in [1.165, 1.54) is 5.57 Å². The third-order valence-electron chi connectivity index (χ3n) is 3.87. The number of hydrogen-bond donors (Lipinski definition) is 1. The summed E-state index contributed by atoms with van der Waals surface area (Å²) in [6.07, 6.45) is 3.47. The van der Waals surface area contributed by atoms with Crippen molar-refractivity contribution in [1.29, 1.82) is 0 Å². The number of rotatable bonds is 6. The first-order valence-electron chi connectivity index (χ1n) is 7.03. The van der Waals surface area contributed by atoms with E-state index in [1.54, 1.807) is 7.11 Å². The van der Waals surface area contributed by atoms with Crippen molar-refractivity contribution >= 4 is 0 Å². The van der Waals surface area contributed by atoms with Gasteiger partial charge in [-0.25, -0.2) is 0 Å². The zero-order valence-corrected chi connectivity index (χ0v) is 11.7. The Kier molecular flexibility index (Phi) is 5.63. The van der Waals surface area contributed by atoms with E-state index in [0.29, 0.717) is 12.0 Å². The SMILES string of the molecule is CCNC1COCC1CN1CC=C(COC)CC1. The van der Waals surface area contributed by atoms with E-state index < -0.39 is 0 Å². The summed E-state index contributed by atoms with van der Waals surface area (Å²) in [5.74, 6) is 0.641. The predicted molar refractivity (Wildman–Crippen MR) is 72.8 cm³/mol. The molecule has 0 spiro atoms. The topological polar surface area (TPSA) is 33.7 Å².